The molecule has 19 heavy (non-hydrogen) atoms. The van der Waals surface area contributed by atoms with Gasteiger partial charge in [0.15, 0.2) is 0 Å². The monoisotopic (exact) mass is 270 g/mol. The van der Waals surface area contributed by atoms with Crippen molar-refractivity contribution in [3.8, 4) is 0 Å². The van der Waals surface area contributed by atoms with Crippen LogP contribution in [0.4, 0.5) is 0 Å². The van der Waals surface area contributed by atoms with E-state index in [1.165, 1.54) is 32.2 Å². The van der Waals surface area contributed by atoms with Crippen molar-refractivity contribution in [2.45, 2.75) is 65.5 Å². The normalized spacial score (nSPS) is 25.7. The maximum atomic E-state index is 5.72. The highest BCUT2D eigenvalue weighted by Gasteiger charge is 2.22. The molecule has 114 valence electrons. The number of hydrogen-bond acceptors (Lipinski definition) is 3. The van der Waals surface area contributed by atoms with Crippen LogP contribution in [0.3, 0.4) is 0 Å². The van der Waals surface area contributed by atoms with Gasteiger partial charge in [-0.1, -0.05) is 27.2 Å². The van der Waals surface area contributed by atoms with Gasteiger partial charge in [-0.05, 0) is 38.6 Å². The average Bonchev–Trinajstić information content (AvgIpc) is 2.51. The molecule has 1 rings (SSSR count). The molecular weight excluding hydrogens is 236 g/mol. The van der Waals surface area contributed by atoms with Crippen LogP contribution in [0.5, 0.6) is 0 Å². The van der Waals surface area contributed by atoms with Gasteiger partial charge < -0.3 is 10.1 Å². The average molecular weight is 270 g/mol. The Balaban J connectivity index is 2.30. The molecule has 0 aromatic rings. The lowest BCUT2D eigenvalue weighted by molar-refractivity contribution is 0.0862. The number of unbranched alkanes of at least 4 members (excludes halogenated alkanes) is 1. The summed E-state index contributed by atoms with van der Waals surface area (Å²) in [5, 5.41) is 3.70. The zero-order valence-electron chi connectivity index (χ0n) is 13.5. The molecule has 2 unspecified atom stereocenters. The first kappa shape index (κ1) is 16.9. The molecule has 1 heterocycles. The van der Waals surface area contributed by atoms with Crippen LogP contribution in [0.25, 0.3) is 0 Å². The maximum absolute atomic E-state index is 5.72. The van der Waals surface area contributed by atoms with Gasteiger partial charge in [0.1, 0.15) is 0 Å². The summed E-state index contributed by atoms with van der Waals surface area (Å²) in [6.07, 6.45) is 4.94. The Hall–Kier alpha value is -0.120. The second kappa shape index (κ2) is 9.73. The molecule has 0 radical (unpaired) electrons. The van der Waals surface area contributed by atoms with Crippen molar-refractivity contribution in [2.24, 2.45) is 5.92 Å². The van der Waals surface area contributed by atoms with Crippen LogP contribution in [0.2, 0.25) is 0 Å². The summed E-state index contributed by atoms with van der Waals surface area (Å²) in [5.74, 6) is 0.772. The van der Waals surface area contributed by atoms with E-state index in [-0.39, 0.29) is 0 Å². The topological polar surface area (TPSA) is 24.5 Å². The third-order valence-corrected chi connectivity index (χ3v) is 3.99. The Morgan fingerprint density at radius 2 is 2.11 bits per heavy atom. The van der Waals surface area contributed by atoms with Gasteiger partial charge >= 0.3 is 0 Å². The summed E-state index contributed by atoms with van der Waals surface area (Å²) in [4.78, 5) is 2.61. The predicted molar refractivity (Wildman–Crippen MR) is 82.6 cm³/mol. The number of rotatable bonds is 8. The Morgan fingerprint density at radius 3 is 2.79 bits per heavy atom. The lowest BCUT2D eigenvalue weighted by Gasteiger charge is -2.29. The zero-order valence-corrected chi connectivity index (χ0v) is 13.5. The minimum absolute atomic E-state index is 0.653. The molecule has 1 aliphatic rings. The van der Waals surface area contributed by atoms with Crippen LogP contribution < -0.4 is 5.32 Å². The molecule has 3 nitrogen and oxygen atoms in total. The van der Waals surface area contributed by atoms with E-state index in [1.807, 2.05) is 0 Å². The lowest BCUT2D eigenvalue weighted by Crippen LogP contribution is -2.42. The Bertz CT molecular complexity index is 221. The van der Waals surface area contributed by atoms with Crippen LogP contribution >= 0.6 is 0 Å². The van der Waals surface area contributed by atoms with E-state index in [0.717, 1.165) is 32.2 Å². The number of hydrogen-bond donors (Lipinski definition) is 1. The molecule has 1 aliphatic heterocycles. The fourth-order valence-corrected chi connectivity index (χ4v) is 2.78. The van der Waals surface area contributed by atoms with Crippen molar-refractivity contribution in [3.63, 3.8) is 0 Å². The Morgan fingerprint density at radius 1 is 1.32 bits per heavy atom. The number of nitrogens with one attached hydrogen (secondary N) is 1. The van der Waals surface area contributed by atoms with E-state index in [0.29, 0.717) is 12.1 Å². The number of ether oxygens (including phenoxy) is 1. The van der Waals surface area contributed by atoms with Gasteiger partial charge in [-0.25, -0.2) is 0 Å². The Labute approximate surface area is 120 Å². The van der Waals surface area contributed by atoms with Crippen molar-refractivity contribution >= 4 is 0 Å². The van der Waals surface area contributed by atoms with Crippen LogP contribution in [-0.2, 0) is 4.74 Å². The summed E-state index contributed by atoms with van der Waals surface area (Å²) in [7, 11) is 0. The summed E-state index contributed by atoms with van der Waals surface area (Å²) in [6.45, 7) is 14.4. The minimum Gasteiger partial charge on any atom is -0.380 e. The van der Waals surface area contributed by atoms with E-state index < -0.39 is 0 Å². The van der Waals surface area contributed by atoms with E-state index in [9.17, 15) is 0 Å². The molecule has 0 aromatic carbocycles. The molecule has 0 aromatic heterocycles. The lowest BCUT2D eigenvalue weighted by atomic mass is 10.0. The molecule has 0 amide bonds. The molecule has 0 bridgehead atoms. The zero-order chi connectivity index (χ0) is 14.1. The van der Waals surface area contributed by atoms with E-state index in [1.54, 1.807) is 0 Å². The second-order valence-corrected chi connectivity index (χ2v) is 6.38. The van der Waals surface area contributed by atoms with Gasteiger partial charge in [-0.2, -0.15) is 0 Å². The third kappa shape index (κ3) is 7.28. The molecular formula is C16H34N2O. The van der Waals surface area contributed by atoms with Crippen LogP contribution in [0.1, 0.15) is 53.4 Å². The van der Waals surface area contributed by atoms with Crippen molar-refractivity contribution in [1.82, 2.24) is 10.2 Å². The summed E-state index contributed by atoms with van der Waals surface area (Å²) in [5.41, 5.74) is 0. The van der Waals surface area contributed by atoms with Gasteiger partial charge in [0, 0.05) is 31.8 Å². The van der Waals surface area contributed by atoms with Crippen LogP contribution in [0.15, 0.2) is 0 Å². The highest BCUT2D eigenvalue weighted by molar-refractivity contribution is 4.81. The van der Waals surface area contributed by atoms with Gasteiger partial charge in [-0.15, -0.1) is 0 Å². The van der Waals surface area contributed by atoms with Gasteiger partial charge in [0.05, 0.1) is 6.61 Å². The van der Waals surface area contributed by atoms with Gasteiger partial charge in [0.2, 0.25) is 0 Å². The fraction of sp³-hybridized carbons (Fsp3) is 1.00. The van der Waals surface area contributed by atoms with Crippen molar-refractivity contribution in [3.05, 3.63) is 0 Å². The molecule has 0 saturated carbocycles. The van der Waals surface area contributed by atoms with E-state index in [4.69, 9.17) is 4.74 Å². The SMILES string of the molecule is CCCCOCCN1CC(CC(C)C)NCCC1C. The Kier molecular flexibility index (Phi) is 8.67. The van der Waals surface area contributed by atoms with Gasteiger partial charge in [0.25, 0.3) is 0 Å². The summed E-state index contributed by atoms with van der Waals surface area (Å²) >= 11 is 0. The largest absolute Gasteiger partial charge is 0.380 e. The quantitative estimate of drug-likeness (QED) is 0.686. The van der Waals surface area contributed by atoms with Crippen molar-refractivity contribution in [2.75, 3.05) is 32.8 Å². The standard InChI is InChI=1S/C16H34N2O/c1-5-6-10-19-11-9-18-13-16(12-14(2)3)17-8-7-15(18)4/h14-17H,5-13H2,1-4H3. The molecule has 0 aliphatic carbocycles. The minimum atomic E-state index is 0.653. The first-order valence-corrected chi connectivity index (χ1v) is 8.18. The molecule has 1 fully saturated rings. The van der Waals surface area contributed by atoms with Crippen molar-refractivity contribution < 1.29 is 4.74 Å². The molecule has 2 atom stereocenters. The van der Waals surface area contributed by atoms with Gasteiger partial charge in [-0.3, -0.25) is 4.90 Å². The summed E-state index contributed by atoms with van der Waals surface area (Å²) in [6, 6.07) is 1.33. The second-order valence-electron chi connectivity index (χ2n) is 6.38. The van der Waals surface area contributed by atoms with Crippen LogP contribution in [0, 0.1) is 5.92 Å². The van der Waals surface area contributed by atoms with E-state index >= 15 is 0 Å². The highest BCUT2D eigenvalue weighted by Crippen LogP contribution is 2.13. The molecule has 3 heteroatoms. The maximum Gasteiger partial charge on any atom is 0.0593 e. The number of nitrogens with zero attached hydrogens (tertiary/aromatic N) is 1. The molecule has 1 saturated heterocycles. The molecule has 0 spiro atoms. The van der Waals surface area contributed by atoms with E-state index in [2.05, 4.69) is 37.9 Å². The van der Waals surface area contributed by atoms with Crippen LogP contribution in [-0.4, -0.2) is 49.8 Å². The fourth-order valence-electron chi connectivity index (χ4n) is 2.78. The first-order valence-electron chi connectivity index (χ1n) is 8.18. The first-order chi connectivity index (χ1) is 9.13. The molecule has 1 N–H and O–H groups in total. The third-order valence-electron chi connectivity index (χ3n) is 3.99. The highest BCUT2D eigenvalue weighted by atomic mass is 16.5. The van der Waals surface area contributed by atoms with Crippen molar-refractivity contribution in [1.29, 1.82) is 0 Å². The predicted octanol–water partition coefficient (Wildman–Crippen LogP) is 2.90. The smallest absolute Gasteiger partial charge is 0.0593 e. The summed E-state index contributed by atoms with van der Waals surface area (Å²) < 4.78 is 5.72.